The fraction of sp³-hybridized carbons (Fsp3) is 0.382. The van der Waals surface area contributed by atoms with Gasteiger partial charge in [-0.1, -0.05) is 72.8 Å². The van der Waals surface area contributed by atoms with Crippen molar-refractivity contribution >= 4 is 29.7 Å². The lowest BCUT2D eigenvalue weighted by molar-refractivity contribution is -0.147. The molecule has 44 heavy (non-hydrogen) atoms. The Labute approximate surface area is 262 Å². The average Bonchev–Trinajstić information content (AvgIpc) is 3.49. The van der Waals surface area contributed by atoms with Gasteiger partial charge in [-0.2, -0.15) is 0 Å². The van der Waals surface area contributed by atoms with Gasteiger partial charge in [0.25, 0.3) is 5.91 Å². The van der Waals surface area contributed by atoms with Gasteiger partial charge in [-0.15, -0.1) is 11.8 Å². The summed E-state index contributed by atoms with van der Waals surface area (Å²) in [5, 5.41) is 27.9. The van der Waals surface area contributed by atoms with E-state index >= 15 is 0 Å². The standard InChI is InChI=1S/C34H39N3O6S/c1-20-11-10-12-21(2)29(20)43-33(42)35-25(17-22-13-6-5-7-14-22)28(39)32(41)37-19-44-34(3,4)30(37)31(40)36-27-24-16-9-8-15-23(24)18-26(27)38/h5-16,25-28,30,38-39H,17-19H2,1-4H3,(H,35,42)(H,36,40)/t25-,26+,27?,28-,30+/m0/s1. The van der Waals surface area contributed by atoms with Crippen LogP contribution in [-0.2, 0) is 22.4 Å². The fourth-order valence-corrected chi connectivity index (χ4v) is 7.22. The molecule has 9 nitrogen and oxygen atoms in total. The minimum absolute atomic E-state index is 0.155. The van der Waals surface area contributed by atoms with Gasteiger partial charge in [-0.25, -0.2) is 4.79 Å². The van der Waals surface area contributed by atoms with Crippen molar-refractivity contribution in [2.75, 3.05) is 5.88 Å². The molecule has 4 N–H and O–H groups in total. The third-order valence-corrected chi connectivity index (χ3v) is 9.79. The van der Waals surface area contributed by atoms with Crippen molar-refractivity contribution in [2.24, 2.45) is 0 Å². The lowest BCUT2D eigenvalue weighted by atomic mass is 9.96. The van der Waals surface area contributed by atoms with Crippen molar-refractivity contribution < 1.29 is 29.3 Å². The number of carbonyl (C=O) groups excluding carboxylic acids is 3. The number of aliphatic hydroxyl groups excluding tert-OH is 2. The van der Waals surface area contributed by atoms with Crippen LogP contribution >= 0.6 is 11.8 Å². The smallest absolute Gasteiger partial charge is 0.410 e. The maximum Gasteiger partial charge on any atom is 0.412 e. The molecule has 3 aromatic carbocycles. The first-order valence-corrected chi connectivity index (χ1v) is 15.7. The molecule has 232 valence electrons. The Hall–Kier alpha value is -3.86. The molecule has 1 saturated heterocycles. The summed E-state index contributed by atoms with van der Waals surface area (Å²) in [5.41, 5.74) is 4.17. The second-order valence-electron chi connectivity index (χ2n) is 12.0. The highest BCUT2D eigenvalue weighted by Gasteiger charge is 2.50. The highest BCUT2D eigenvalue weighted by Crippen LogP contribution is 2.41. The minimum atomic E-state index is -1.66. The fourth-order valence-electron chi connectivity index (χ4n) is 6.08. The van der Waals surface area contributed by atoms with E-state index in [0.717, 1.165) is 27.8 Å². The summed E-state index contributed by atoms with van der Waals surface area (Å²) in [6, 6.07) is 19.8. The van der Waals surface area contributed by atoms with Crippen LogP contribution in [0, 0.1) is 13.8 Å². The van der Waals surface area contributed by atoms with E-state index in [-0.39, 0.29) is 12.3 Å². The first-order chi connectivity index (χ1) is 21.0. The molecule has 0 radical (unpaired) electrons. The summed E-state index contributed by atoms with van der Waals surface area (Å²) in [5.74, 6) is -0.503. The number of rotatable bonds is 8. The molecule has 5 rings (SSSR count). The molecule has 3 amide bonds. The second-order valence-corrected chi connectivity index (χ2v) is 13.6. The van der Waals surface area contributed by atoms with Gasteiger partial charge in [-0.3, -0.25) is 9.59 Å². The molecule has 2 aliphatic rings. The molecule has 0 bridgehead atoms. The zero-order chi connectivity index (χ0) is 31.6. The Kier molecular flexibility index (Phi) is 9.34. The van der Waals surface area contributed by atoms with Gasteiger partial charge in [0.15, 0.2) is 6.10 Å². The van der Waals surface area contributed by atoms with Crippen LogP contribution in [0.25, 0.3) is 0 Å². The molecule has 1 heterocycles. The predicted octanol–water partition coefficient (Wildman–Crippen LogP) is 3.82. The minimum Gasteiger partial charge on any atom is -0.410 e. The summed E-state index contributed by atoms with van der Waals surface area (Å²) in [4.78, 5) is 42.3. The highest BCUT2D eigenvalue weighted by molar-refractivity contribution is 8.00. The second kappa shape index (κ2) is 13.0. The molecule has 1 aliphatic heterocycles. The van der Waals surface area contributed by atoms with E-state index < -0.39 is 53.0 Å². The molecule has 5 atom stereocenters. The SMILES string of the molecule is Cc1cccc(C)c1OC(=O)N[C@@H](Cc1ccccc1)[C@H](O)C(=O)N1CSC(C)(C)[C@H]1C(=O)NC1c2ccccc2C[C@H]1O. The summed E-state index contributed by atoms with van der Waals surface area (Å²) in [7, 11) is 0. The van der Waals surface area contributed by atoms with Crippen LogP contribution in [0.1, 0.15) is 47.7 Å². The number of nitrogens with zero attached hydrogens (tertiary/aromatic N) is 1. The molecular weight excluding hydrogens is 578 g/mol. The lowest BCUT2D eigenvalue weighted by Gasteiger charge is -2.34. The number of carbonyl (C=O) groups is 3. The number of aliphatic hydroxyl groups is 2. The van der Waals surface area contributed by atoms with Gasteiger partial charge in [0, 0.05) is 11.2 Å². The Morgan fingerprint density at radius 2 is 1.66 bits per heavy atom. The molecule has 1 fully saturated rings. The lowest BCUT2D eigenvalue weighted by Crippen LogP contribution is -2.59. The van der Waals surface area contributed by atoms with E-state index in [1.54, 1.807) is 0 Å². The molecule has 0 aromatic heterocycles. The van der Waals surface area contributed by atoms with Gasteiger partial charge in [0.1, 0.15) is 11.8 Å². The van der Waals surface area contributed by atoms with Gasteiger partial charge >= 0.3 is 6.09 Å². The Morgan fingerprint density at radius 3 is 2.36 bits per heavy atom. The van der Waals surface area contributed by atoms with Crippen LogP contribution in [-0.4, -0.2) is 67.9 Å². The number of ether oxygens (including phenoxy) is 1. The van der Waals surface area contributed by atoms with Gasteiger partial charge in [0.05, 0.1) is 24.1 Å². The van der Waals surface area contributed by atoms with E-state index in [0.29, 0.717) is 12.2 Å². The van der Waals surface area contributed by atoms with Gasteiger partial charge in [-0.05, 0) is 61.9 Å². The summed E-state index contributed by atoms with van der Waals surface area (Å²) >= 11 is 1.43. The Balaban J connectivity index is 1.36. The van der Waals surface area contributed by atoms with E-state index in [9.17, 15) is 24.6 Å². The first-order valence-electron chi connectivity index (χ1n) is 14.7. The largest absolute Gasteiger partial charge is 0.412 e. The Bertz CT molecular complexity index is 1510. The van der Waals surface area contributed by atoms with Crippen LogP contribution < -0.4 is 15.4 Å². The zero-order valence-electron chi connectivity index (χ0n) is 25.3. The normalized spacial score (nSPS) is 21.7. The van der Waals surface area contributed by atoms with Crippen LogP contribution in [0.5, 0.6) is 5.75 Å². The molecule has 1 unspecified atom stereocenters. The molecule has 0 saturated carbocycles. The number of nitrogens with one attached hydrogen (secondary N) is 2. The van der Waals surface area contributed by atoms with E-state index in [4.69, 9.17) is 4.74 Å². The van der Waals surface area contributed by atoms with Crippen LogP contribution in [0.3, 0.4) is 0 Å². The van der Waals surface area contributed by atoms with E-state index in [2.05, 4.69) is 10.6 Å². The van der Waals surface area contributed by atoms with E-state index in [1.807, 2.05) is 100 Å². The number of benzene rings is 3. The topological polar surface area (TPSA) is 128 Å². The van der Waals surface area contributed by atoms with Gasteiger partial charge in [0.2, 0.25) is 5.91 Å². The number of hydrogen-bond donors (Lipinski definition) is 4. The third kappa shape index (κ3) is 6.62. The summed E-state index contributed by atoms with van der Waals surface area (Å²) in [6.45, 7) is 7.41. The first kappa shape index (κ1) is 31.6. The van der Waals surface area contributed by atoms with Crippen molar-refractivity contribution in [1.82, 2.24) is 15.5 Å². The molecule has 3 aromatic rings. The number of thioether (sulfide) groups is 1. The summed E-state index contributed by atoms with van der Waals surface area (Å²) in [6.07, 6.45) is -2.67. The van der Waals surface area contributed by atoms with Crippen LogP contribution in [0.2, 0.25) is 0 Å². The van der Waals surface area contributed by atoms with Crippen molar-refractivity contribution in [3.63, 3.8) is 0 Å². The molecule has 0 spiro atoms. The maximum atomic E-state index is 14.0. The van der Waals surface area contributed by atoms with Crippen molar-refractivity contribution in [2.45, 2.75) is 75.6 Å². The average molecular weight is 618 g/mol. The number of hydrogen-bond acceptors (Lipinski definition) is 7. The quantitative estimate of drug-likeness (QED) is 0.303. The van der Waals surface area contributed by atoms with Gasteiger partial charge < -0.3 is 30.5 Å². The van der Waals surface area contributed by atoms with Crippen LogP contribution in [0.15, 0.2) is 72.8 Å². The number of para-hydroxylation sites is 1. The highest BCUT2D eigenvalue weighted by atomic mass is 32.2. The van der Waals surface area contributed by atoms with Crippen molar-refractivity contribution in [3.05, 3.63) is 101 Å². The zero-order valence-corrected chi connectivity index (χ0v) is 26.1. The summed E-state index contributed by atoms with van der Waals surface area (Å²) < 4.78 is 4.95. The van der Waals surface area contributed by atoms with Crippen LogP contribution in [0.4, 0.5) is 4.79 Å². The molecular formula is C34H39N3O6S. The third-order valence-electron chi connectivity index (χ3n) is 8.42. The van der Waals surface area contributed by atoms with Crippen molar-refractivity contribution in [3.8, 4) is 5.75 Å². The molecule has 1 aliphatic carbocycles. The molecule has 10 heteroatoms. The number of aryl methyl sites for hydroxylation is 2. The predicted molar refractivity (Wildman–Crippen MR) is 169 cm³/mol. The van der Waals surface area contributed by atoms with E-state index in [1.165, 1.54) is 16.7 Å². The maximum absolute atomic E-state index is 14.0. The number of amides is 3. The Morgan fingerprint density at radius 1 is 1.00 bits per heavy atom. The number of fused-ring (bicyclic) bond motifs is 1. The monoisotopic (exact) mass is 617 g/mol. The van der Waals surface area contributed by atoms with Crippen molar-refractivity contribution in [1.29, 1.82) is 0 Å².